The molecule has 1 N–H and O–H groups in total. The molecule has 0 aromatic heterocycles. The largest absolute Gasteiger partial charge is 0.356 e. The van der Waals surface area contributed by atoms with Crippen LogP contribution in [0.4, 0.5) is 0 Å². The predicted molar refractivity (Wildman–Crippen MR) is 61.0 cm³/mol. The molecule has 1 aliphatic heterocycles. The minimum Gasteiger partial charge on any atom is -0.356 e. The van der Waals surface area contributed by atoms with Crippen LogP contribution in [-0.2, 0) is 4.79 Å². The summed E-state index contributed by atoms with van der Waals surface area (Å²) < 4.78 is 0. The topological polar surface area (TPSA) is 32.3 Å². The number of likely N-dealkylation sites (tertiary alicyclic amines) is 1. The molecule has 0 radical (unpaired) electrons. The van der Waals surface area contributed by atoms with Crippen molar-refractivity contribution < 1.29 is 4.79 Å². The summed E-state index contributed by atoms with van der Waals surface area (Å²) >= 11 is 5.50. The van der Waals surface area contributed by atoms with Gasteiger partial charge in [0.2, 0.25) is 5.91 Å². The van der Waals surface area contributed by atoms with Crippen LogP contribution in [0.1, 0.15) is 25.7 Å². The lowest BCUT2D eigenvalue weighted by atomic mass is 10.1. The second-order valence-electron chi connectivity index (χ2n) is 4.62. The lowest BCUT2D eigenvalue weighted by molar-refractivity contribution is -0.120. The maximum atomic E-state index is 11.2. The number of hydrogen-bond acceptors (Lipinski definition) is 2. The zero-order valence-corrected chi connectivity index (χ0v) is 9.80. The van der Waals surface area contributed by atoms with Gasteiger partial charge in [-0.3, -0.25) is 4.79 Å². The quantitative estimate of drug-likeness (QED) is 0.721. The van der Waals surface area contributed by atoms with Gasteiger partial charge in [0.15, 0.2) is 0 Å². The number of carbonyl (C=O) groups excluding carboxylic acids is 1. The first-order valence-corrected chi connectivity index (χ1v) is 6.39. The molecule has 2 aliphatic rings. The van der Waals surface area contributed by atoms with Crippen molar-refractivity contribution >= 4 is 17.5 Å². The van der Waals surface area contributed by atoms with E-state index in [-0.39, 0.29) is 5.91 Å². The van der Waals surface area contributed by atoms with Crippen molar-refractivity contribution in [3.63, 3.8) is 0 Å². The Labute approximate surface area is 96.2 Å². The number of nitrogens with zero attached hydrogens (tertiary/aromatic N) is 1. The Balaban J connectivity index is 1.61. The number of hydrogen-bond donors (Lipinski definition) is 1. The van der Waals surface area contributed by atoms with Crippen LogP contribution >= 0.6 is 11.6 Å². The summed E-state index contributed by atoms with van der Waals surface area (Å²) in [6, 6.07) is 0.869. The number of halogens is 1. The molecule has 0 aromatic carbocycles. The first-order chi connectivity index (χ1) is 7.29. The first-order valence-electron chi connectivity index (χ1n) is 5.86. The van der Waals surface area contributed by atoms with Gasteiger partial charge in [0.05, 0.1) is 0 Å². The van der Waals surface area contributed by atoms with E-state index in [1.807, 2.05) is 0 Å². The van der Waals surface area contributed by atoms with Gasteiger partial charge in [0.25, 0.3) is 0 Å². The van der Waals surface area contributed by atoms with E-state index in [1.165, 1.54) is 32.4 Å². The standard InChI is InChI=1S/C11H19ClN2O/c12-5-3-11(15)13-7-9-4-6-14(8-9)10-1-2-10/h9-10H,1-8H2,(H,13,15). The highest BCUT2D eigenvalue weighted by molar-refractivity contribution is 6.18. The van der Waals surface area contributed by atoms with Gasteiger partial charge in [-0.05, 0) is 31.7 Å². The van der Waals surface area contributed by atoms with E-state index in [9.17, 15) is 4.79 Å². The first kappa shape index (κ1) is 11.2. The molecule has 2 rings (SSSR count). The van der Waals surface area contributed by atoms with Crippen LogP contribution in [-0.4, -0.2) is 42.4 Å². The van der Waals surface area contributed by atoms with Crippen LogP contribution in [0, 0.1) is 5.92 Å². The van der Waals surface area contributed by atoms with Crippen LogP contribution < -0.4 is 5.32 Å². The second kappa shape index (κ2) is 5.17. The van der Waals surface area contributed by atoms with Crippen LogP contribution in [0.5, 0.6) is 0 Å². The molecule has 1 heterocycles. The molecule has 86 valence electrons. The van der Waals surface area contributed by atoms with Crippen LogP contribution in [0.2, 0.25) is 0 Å². The molecule has 1 atom stereocenters. The fraction of sp³-hybridized carbons (Fsp3) is 0.909. The highest BCUT2D eigenvalue weighted by Gasteiger charge is 2.34. The Kier molecular flexibility index (Phi) is 3.87. The molecule has 15 heavy (non-hydrogen) atoms. The van der Waals surface area contributed by atoms with E-state index < -0.39 is 0 Å². The Morgan fingerprint density at radius 3 is 2.87 bits per heavy atom. The molecule has 2 fully saturated rings. The summed E-state index contributed by atoms with van der Waals surface area (Å²) in [5, 5.41) is 2.96. The summed E-state index contributed by atoms with van der Waals surface area (Å²) in [6.45, 7) is 3.23. The van der Waals surface area contributed by atoms with Gasteiger partial charge in [-0.1, -0.05) is 0 Å². The zero-order chi connectivity index (χ0) is 10.7. The van der Waals surface area contributed by atoms with E-state index >= 15 is 0 Å². The Morgan fingerprint density at radius 2 is 2.20 bits per heavy atom. The third kappa shape index (κ3) is 3.35. The van der Waals surface area contributed by atoms with Gasteiger partial charge in [-0.2, -0.15) is 0 Å². The summed E-state index contributed by atoms with van der Waals surface area (Å²) in [4.78, 5) is 13.8. The second-order valence-corrected chi connectivity index (χ2v) is 5.00. The Hall–Kier alpha value is -0.280. The SMILES string of the molecule is O=C(CCCl)NCC1CCN(C2CC2)C1. The number of rotatable bonds is 5. The highest BCUT2D eigenvalue weighted by atomic mass is 35.5. The van der Waals surface area contributed by atoms with Crippen molar-refractivity contribution in [1.29, 1.82) is 0 Å². The average Bonchev–Trinajstić information content (AvgIpc) is 2.96. The summed E-state index contributed by atoms with van der Waals surface area (Å²) in [6.07, 6.45) is 4.44. The summed E-state index contributed by atoms with van der Waals surface area (Å²) in [5.74, 6) is 1.17. The van der Waals surface area contributed by atoms with Crippen molar-refractivity contribution in [2.45, 2.75) is 31.7 Å². The molecule has 4 heteroatoms. The Morgan fingerprint density at radius 1 is 1.40 bits per heavy atom. The van der Waals surface area contributed by atoms with E-state index in [4.69, 9.17) is 11.6 Å². The lowest BCUT2D eigenvalue weighted by Gasteiger charge is -2.14. The maximum Gasteiger partial charge on any atom is 0.221 e. The number of nitrogens with one attached hydrogen (secondary N) is 1. The van der Waals surface area contributed by atoms with Crippen molar-refractivity contribution in [2.24, 2.45) is 5.92 Å². The third-order valence-electron chi connectivity index (χ3n) is 3.29. The molecule has 0 spiro atoms. The molecule has 1 unspecified atom stereocenters. The lowest BCUT2D eigenvalue weighted by Crippen LogP contribution is -2.31. The smallest absolute Gasteiger partial charge is 0.221 e. The van der Waals surface area contributed by atoms with Crippen LogP contribution in [0.25, 0.3) is 0 Å². The van der Waals surface area contributed by atoms with E-state index in [0.29, 0.717) is 18.2 Å². The fourth-order valence-electron chi connectivity index (χ4n) is 2.23. The zero-order valence-electron chi connectivity index (χ0n) is 9.04. The van der Waals surface area contributed by atoms with Gasteiger partial charge in [-0.15, -0.1) is 11.6 Å². The van der Waals surface area contributed by atoms with Crippen molar-refractivity contribution in [2.75, 3.05) is 25.5 Å². The molecular weight excluding hydrogens is 212 g/mol. The van der Waals surface area contributed by atoms with Crippen LogP contribution in [0.15, 0.2) is 0 Å². The van der Waals surface area contributed by atoms with E-state index in [2.05, 4.69) is 10.2 Å². The highest BCUT2D eigenvalue weighted by Crippen LogP contribution is 2.31. The van der Waals surface area contributed by atoms with Gasteiger partial charge >= 0.3 is 0 Å². The molecule has 1 aliphatic carbocycles. The minimum atomic E-state index is 0.0925. The normalized spacial score (nSPS) is 26.9. The predicted octanol–water partition coefficient (Wildman–Crippen LogP) is 1.22. The van der Waals surface area contributed by atoms with Gasteiger partial charge in [-0.25, -0.2) is 0 Å². The van der Waals surface area contributed by atoms with E-state index in [1.54, 1.807) is 0 Å². The number of alkyl halides is 1. The summed E-state index contributed by atoms with van der Waals surface area (Å²) in [7, 11) is 0. The van der Waals surface area contributed by atoms with Crippen molar-refractivity contribution in [3.8, 4) is 0 Å². The monoisotopic (exact) mass is 230 g/mol. The van der Waals surface area contributed by atoms with Crippen molar-refractivity contribution in [3.05, 3.63) is 0 Å². The van der Waals surface area contributed by atoms with Crippen LogP contribution in [0.3, 0.4) is 0 Å². The third-order valence-corrected chi connectivity index (χ3v) is 3.48. The van der Waals surface area contributed by atoms with Gasteiger partial charge < -0.3 is 10.2 Å². The fourth-order valence-corrected chi connectivity index (χ4v) is 2.40. The molecule has 3 nitrogen and oxygen atoms in total. The number of carbonyl (C=O) groups is 1. The molecule has 0 bridgehead atoms. The molecule has 0 aromatic rings. The molecule has 1 saturated heterocycles. The molecular formula is C11H19ClN2O. The van der Waals surface area contributed by atoms with Crippen molar-refractivity contribution in [1.82, 2.24) is 10.2 Å². The molecule has 1 saturated carbocycles. The van der Waals surface area contributed by atoms with E-state index in [0.717, 1.165) is 12.6 Å². The van der Waals surface area contributed by atoms with Gasteiger partial charge in [0.1, 0.15) is 0 Å². The summed E-state index contributed by atoms with van der Waals surface area (Å²) in [5.41, 5.74) is 0. The minimum absolute atomic E-state index is 0.0925. The number of amides is 1. The molecule has 1 amide bonds. The average molecular weight is 231 g/mol. The van der Waals surface area contributed by atoms with Gasteiger partial charge in [0, 0.05) is 31.4 Å². The maximum absolute atomic E-state index is 11.2. The Bertz CT molecular complexity index is 231.